The Morgan fingerprint density at radius 2 is 2.16 bits per heavy atom. The van der Waals surface area contributed by atoms with E-state index in [0.717, 1.165) is 29.1 Å². The highest BCUT2D eigenvalue weighted by molar-refractivity contribution is 14.1. The summed E-state index contributed by atoms with van der Waals surface area (Å²) in [6.07, 6.45) is 2.65. The summed E-state index contributed by atoms with van der Waals surface area (Å²) in [5.41, 5.74) is 2.05. The van der Waals surface area contributed by atoms with Crippen LogP contribution in [0.5, 0.6) is 0 Å². The Balaban J connectivity index is 2.27. The average molecular weight is 387 g/mol. The van der Waals surface area contributed by atoms with Gasteiger partial charge in [0.1, 0.15) is 5.82 Å². The molecule has 0 saturated carbocycles. The number of nitrogens with zero attached hydrogens (tertiary/aromatic N) is 4. The second-order valence-electron chi connectivity index (χ2n) is 4.28. The molecule has 0 aliphatic rings. The minimum atomic E-state index is 0.549. The molecule has 0 fully saturated rings. The molecule has 0 radical (unpaired) electrons. The zero-order valence-electron chi connectivity index (χ0n) is 10.3. The standard InChI is InChI=1S/C13H12ClIN4/c1-18-7-5-13(17-18)19-11-3-2-9(15)8-10(11)16-12(19)4-6-14/h2-3,5,7-8H,4,6H2,1H3. The molecule has 0 amide bonds. The molecule has 98 valence electrons. The number of imidazole rings is 1. The molecule has 0 atom stereocenters. The summed E-state index contributed by atoms with van der Waals surface area (Å²) in [5, 5.41) is 4.46. The average Bonchev–Trinajstić information content (AvgIpc) is 2.92. The third-order valence-electron chi connectivity index (χ3n) is 2.93. The van der Waals surface area contributed by atoms with Crippen molar-refractivity contribution in [2.75, 3.05) is 5.88 Å². The summed E-state index contributed by atoms with van der Waals surface area (Å²) in [6, 6.07) is 8.22. The molecule has 2 heterocycles. The highest BCUT2D eigenvalue weighted by atomic mass is 127. The van der Waals surface area contributed by atoms with Gasteiger partial charge in [-0.25, -0.2) is 4.98 Å². The van der Waals surface area contributed by atoms with Crippen LogP contribution < -0.4 is 0 Å². The lowest BCUT2D eigenvalue weighted by atomic mass is 10.3. The summed E-state index contributed by atoms with van der Waals surface area (Å²) < 4.78 is 5.04. The summed E-state index contributed by atoms with van der Waals surface area (Å²) >= 11 is 8.17. The second-order valence-corrected chi connectivity index (χ2v) is 5.91. The third kappa shape index (κ3) is 2.36. The van der Waals surface area contributed by atoms with Crippen molar-refractivity contribution in [2.24, 2.45) is 7.05 Å². The molecule has 0 saturated heterocycles. The predicted octanol–water partition coefficient (Wildman–Crippen LogP) is 3.14. The van der Waals surface area contributed by atoms with Gasteiger partial charge in [-0.2, -0.15) is 5.10 Å². The number of aryl methyl sites for hydroxylation is 2. The minimum absolute atomic E-state index is 0.549. The molecular formula is C13H12ClIN4. The number of fused-ring (bicyclic) bond motifs is 1. The van der Waals surface area contributed by atoms with E-state index in [2.05, 4.69) is 55.4 Å². The van der Waals surface area contributed by atoms with Gasteiger partial charge >= 0.3 is 0 Å². The van der Waals surface area contributed by atoms with Gasteiger partial charge in [0.05, 0.1) is 11.0 Å². The molecule has 2 aromatic heterocycles. The number of benzene rings is 1. The maximum absolute atomic E-state index is 5.88. The molecule has 1 aromatic carbocycles. The third-order valence-corrected chi connectivity index (χ3v) is 3.79. The van der Waals surface area contributed by atoms with E-state index in [1.54, 1.807) is 4.68 Å². The first-order valence-corrected chi connectivity index (χ1v) is 7.53. The SMILES string of the molecule is Cn1ccc(-n2c(CCCl)nc3cc(I)ccc32)n1. The van der Waals surface area contributed by atoms with Gasteiger partial charge in [-0.1, -0.05) is 0 Å². The summed E-state index contributed by atoms with van der Waals surface area (Å²) in [5.74, 6) is 2.38. The van der Waals surface area contributed by atoms with Crippen LogP contribution in [0.1, 0.15) is 5.82 Å². The van der Waals surface area contributed by atoms with Gasteiger partial charge in [-0.3, -0.25) is 9.25 Å². The Morgan fingerprint density at radius 3 is 2.84 bits per heavy atom. The number of halogens is 2. The van der Waals surface area contributed by atoms with Crippen molar-refractivity contribution in [3.8, 4) is 5.82 Å². The lowest BCUT2D eigenvalue weighted by Gasteiger charge is -2.04. The van der Waals surface area contributed by atoms with E-state index in [1.807, 2.05) is 19.3 Å². The number of aromatic nitrogens is 4. The van der Waals surface area contributed by atoms with E-state index in [-0.39, 0.29) is 0 Å². The van der Waals surface area contributed by atoms with Gasteiger partial charge in [0, 0.05) is 35.2 Å². The van der Waals surface area contributed by atoms with Crippen molar-refractivity contribution >= 4 is 45.2 Å². The van der Waals surface area contributed by atoms with Crippen molar-refractivity contribution in [1.29, 1.82) is 0 Å². The fraction of sp³-hybridized carbons (Fsp3) is 0.231. The van der Waals surface area contributed by atoms with E-state index in [0.29, 0.717) is 5.88 Å². The largest absolute Gasteiger partial charge is 0.279 e. The van der Waals surface area contributed by atoms with E-state index in [4.69, 9.17) is 11.6 Å². The van der Waals surface area contributed by atoms with Crippen LogP contribution in [0.3, 0.4) is 0 Å². The molecule has 0 spiro atoms. The van der Waals surface area contributed by atoms with E-state index in [1.165, 1.54) is 3.57 Å². The molecule has 4 nitrogen and oxygen atoms in total. The molecular weight excluding hydrogens is 375 g/mol. The Labute approximate surface area is 129 Å². The maximum Gasteiger partial charge on any atom is 0.160 e. The second kappa shape index (κ2) is 5.13. The number of alkyl halides is 1. The van der Waals surface area contributed by atoms with Crippen LogP contribution in [0.4, 0.5) is 0 Å². The van der Waals surface area contributed by atoms with Gasteiger partial charge < -0.3 is 0 Å². The van der Waals surface area contributed by atoms with Gasteiger partial charge in [0.25, 0.3) is 0 Å². The summed E-state index contributed by atoms with van der Waals surface area (Å²) in [6.45, 7) is 0. The first-order chi connectivity index (χ1) is 9.19. The molecule has 0 unspecified atom stereocenters. The number of rotatable bonds is 3. The molecule has 3 rings (SSSR count). The zero-order valence-corrected chi connectivity index (χ0v) is 13.3. The molecule has 19 heavy (non-hydrogen) atoms. The van der Waals surface area contributed by atoms with E-state index in [9.17, 15) is 0 Å². The monoisotopic (exact) mass is 386 g/mol. The zero-order chi connectivity index (χ0) is 13.4. The smallest absolute Gasteiger partial charge is 0.160 e. The van der Waals surface area contributed by atoms with Gasteiger partial charge in [0.15, 0.2) is 5.82 Å². The van der Waals surface area contributed by atoms with Crippen LogP contribution in [-0.4, -0.2) is 25.2 Å². The molecule has 0 bridgehead atoms. The highest BCUT2D eigenvalue weighted by Crippen LogP contribution is 2.22. The molecule has 6 heteroatoms. The van der Waals surface area contributed by atoms with Gasteiger partial charge in [-0.05, 0) is 40.8 Å². The maximum atomic E-state index is 5.88. The minimum Gasteiger partial charge on any atom is -0.279 e. The van der Waals surface area contributed by atoms with Crippen molar-refractivity contribution < 1.29 is 0 Å². The van der Waals surface area contributed by atoms with E-state index < -0.39 is 0 Å². The van der Waals surface area contributed by atoms with Crippen molar-refractivity contribution in [1.82, 2.24) is 19.3 Å². The fourth-order valence-electron chi connectivity index (χ4n) is 2.13. The molecule has 0 aliphatic heterocycles. The molecule has 0 aliphatic carbocycles. The topological polar surface area (TPSA) is 35.6 Å². The Hall–Kier alpha value is -1.08. The van der Waals surface area contributed by atoms with Crippen LogP contribution in [-0.2, 0) is 13.5 Å². The van der Waals surface area contributed by atoms with Crippen molar-refractivity contribution in [3.05, 3.63) is 39.9 Å². The first kappa shape index (κ1) is 12.9. The summed E-state index contributed by atoms with van der Waals surface area (Å²) in [4.78, 5) is 4.67. The predicted molar refractivity (Wildman–Crippen MR) is 85.0 cm³/mol. The van der Waals surface area contributed by atoms with E-state index >= 15 is 0 Å². The van der Waals surface area contributed by atoms with Gasteiger partial charge in [-0.15, -0.1) is 11.6 Å². The van der Waals surface area contributed by atoms with Crippen LogP contribution in [0.25, 0.3) is 16.9 Å². The van der Waals surface area contributed by atoms with Crippen LogP contribution >= 0.6 is 34.2 Å². The van der Waals surface area contributed by atoms with Crippen molar-refractivity contribution in [2.45, 2.75) is 6.42 Å². The van der Waals surface area contributed by atoms with Crippen LogP contribution in [0.2, 0.25) is 0 Å². The molecule has 3 aromatic rings. The Bertz CT molecular complexity index is 731. The number of hydrogen-bond donors (Lipinski definition) is 0. The first-order valence-electron chi connectivity index (χ1n) is 5.92. The lowest BCUT2D eigenvalue weighted by Crippen LogP contribution is -2.03. The van der Waals surface area contributed by atoms with Crippen molar-refractivity contribution in [3.63, 3.8) is 0 Å². The fourth-order valence-corrected chi connectivity index (χ4v) is 2.78. The highest BCUT2D eigenvalue weighted by Gasteiger charge is 2.13. The normalized spacial score (nSPS) is 11.3. The Kier molecular flexibility index (Phi) is 3.49. The van der Waals surface area contributed by atoms with Gasteiger partial charge in [0.2, 0.25) is 0 Å². The quantitative estimate of drug-likeness (QED) is 0.512. The summed E-state index contributed by atoms with van der Waals surface area (Å²) in [7, 11) is 1.91. The molecule has 0 N–H and O–H groups in total. The van der Waals surface area contributed by atoms with Crippen LogP contribution in [0.15, 0.2) is 30.5 Å². The lowest BCUT2D eigenvalue weighted by molar-refractivity contribution is 0.746. The van der Waals surface area contributed by atoms with Crippen LogP contribution in [0, 0.1) is 3.57 Å². The number of hydrogen-bond acceptors (Lipinski definition) is 2. The Morgan fingerprint density at radius 1 is 1.32 bits per heavy atom.